The van der Waals surface area contributed by atoms with Crippen LogP contribution in [0.1, 0.15) is 22.9 Å². The lowest BCUT2D eigenvalue weighted by atomic mass is 10.2. The van der Waals surface area contributed by atoms with Crippen LogP contribution in [0.15, 0.2) is 54.8 Å². The number of aromatic nitrogens is 4. The number of H-pyrrole nitrogens is 1. The van der Waals surface area contributed by atoms with Crippen LogP contribution in [0, 0.1) is 0 Å². The molecule has 5 aromatic rings. The van der Waals surface area contributed by atoms with E-state index in [2.05, 4.69) is 43.0 Å². The number of thioether (sulfide) groups is 1. The molecule has 1 unspecified atom stereocenters. The molecule has 158 valence electrons. The number of thiophene rings is 2. The molecule has 0 aromatic carbocycles. The number of rotatable bonds is 8. The molecule has 5 aromatic heterocycles. The zero-order valence-corrected chi connectivity index (χ0v) is 19.6. The van der Waals surface area contributed by atoms with Crippen molar-refractivity contribution in [3.05, 3.63) is 62.3 Å². The van der Waals surface area contributed by atoms with Crippen LogP contribution in [0.25, 0.3) is 21.5 Å². The van der Waals surface area contributed by atoms with Crippen LogP contribution < -0.4 is 10.9 Å². The molecule has 0 aliphatic rings. The highest BCUT2D eigenvalue weighted by molar-refractivity contribution is 8.01. The normalized spacial score (nSPS) is 12.4. The molecule has 11 heteroatoms. The summed E-state index contributed by atoms with van der Waals surface area (Å²) in [5, 5.41) is 17.1. The first-order valence-corrected chi connectivity index (χ1v) is 12.9. The van der Waals surface area contributed by atoms with E-state index in [0.717, 1.165) is 28.0 Å². The lowest BCUT2D eigenvalue weighted by Crippen LogP contribution is -2.12. The van der Waals surface area contributed by atoms with Gasteiger partial charge in [0.2, 0.25) is 5.13 Å². The van der Waals surface area contributed by atoms with Crippen LogP contribution >= 0.6 is 45.8 Å². The second-order valence-corrected chi connectivity index (χ2v) is 11.1. The second-order valence-electron chi connectivity index (χ2n) is 6.65. The fraction of sp³-hybridized carbons (Fsp3) is 0.200. The average molecular weight is 488 g/mol. The zero-order chi connectivity index (χ0) is 21.2. The van der Waals surface area contributed by atoms with Crippen molar-refractivity contribution in [3.8, 4) is 11.3 Å². The Morgan fingerprint density at radius 1 is 1.26 bits per heavy atom. The van der Waals surface area contributed by atoms with Gasteiger partial charge in [-0.15, -0.1) is 32.9 Å². The van der Waals surface area contributed by atoms with Crippen molar-refractivity contribution >= 4 is 61.1 Å². The molecular formula is C20H17N5O2S4. The molecule has 0 spiro atoms. The van der Waals surface area contributed by atoms with Gasteiger partial charge in [0, 0.05) is 22.4 Å². The largest absolute Gasteiger partial charge is 0.464 e. The standard InChI is InChI=1S/C20H17N5O2S4/c1-11(30-20-25-24-19(31-20)21-7-6-12-4-3-9-28-12)16-22-17(26)15-13(10-29-18(15)23-16)14-5-2-8-27-14/h2-5,8-11H,6-7H2,1H3,(H,21,24)(H,22,23,26). The Morgan fingerprint density at radius 2 is 2.19 bits per heavy atom. The van der Waals surface area contributed by atoms with Crippen LogP contribution in [0.5, 0.6) is 0 Å². The maximum Gasteiger partial charge on any atom is 0.260 e. The summed E-state index contributed by atoms with van der Waals surface area (Å²) in [4.78, 5) is 22.4. The lowest BCUT2D eigenvalue weighted by Gasteiger charge is -2.08. The smallest absolute Gasteiger partial charge is 0.260 e. The van der Waals surface area contributed by atoms with E-state index in [1.807, 2.05) is 18.4 Å². The van der Waals surface area contributed by atoms with Gasteiger partial charge in [-0.25, -0.2) is 4.98 Å². The number of anilines is 1. The Bertz CT molecular complexity index is 1340. The molecule has 31 heavy (non-hydrogen) atoms. The van der Waals surface area contributed by atoms with Crippen molar-refractivity contribution in [2.45, 2.75) is 22.9 Å². The minimum Gasteiger partial charge on any atom is -0.464 e. The topological polar surface area (TPSA) is 96.7 Å². The van der Waals surface area contributed by atoms with Gasteiger partial charge in [0.15, 0.2) is 4.34 Å². The molecule has 0 saturated heterocycles. The third-order valence-electron chi connectivity index (χ3n) is 4.55. The van der Waals surface area contributed by atoms with Crippen molar-refractivity contribution in [2.75, 3.05) is 11.9 Å². The first kappa shape index (κ1) is 20.4. The fourth-order valence-corrected chi connectivity index (χ4v) is 6.68. The zero-order valence-electron chi connectivity index (χ0n) is 16.3. The summed E-state index contributed by atoms with van der Waals surface area (Å²) in [7, 11) is 0. The van der Waals surface area contributed by atoms with Crippen molar-refractivity contribution in [1.82, 2.24) is 20.2 Å². The van der Waals surface area contributed by atoms with Crippen molar-refractivity contribution < 1.29 is 4.42 Å². The van der Waals surface area contributed by atoms with Gasteiger partial charge in [0.1, 0.15) is 16.4 Å². The second kappa shape index (κ2) is 8.95. The Hall–Kier alpha value is -2.47. The highest BCUT2D eigenvalue weighted by atomic mass is 32.2. The first-order chi connectivity index (χ1) is 15.2. The Balaban J connectivity index is 1.28. The quantitative estimate of drug-likeness (QED) is 0.272. The molecule has 5 rings (SSSR count). The summed E-state index contributed by atoms with van der Waals surface area (Å²) in [6.07, 6.45) is 2.56. The van der Waals surface area contributed by atoms with E-state index in [-0.39, 0.29) is 10.8 Å². The van der Waals surface area contributed by atoms with Crippen LogP contribution in [0.3, 0.4) is 0 Å². The van der Waals surface area contributed by atoms with E-state index in [0.29, 0.717) is 21.8 Å². The maximum absolute atomic E-state index is 12.8. The van der Waals surface area contributed by atoms with Gasteiger partial charge >= 0.3 is 0 Å². The third kappa shape index (κ3) is 4.45. The molecule has 0 amide bonds. The van der Waals surface area contributed by atoms with E-state index in [9.17, 15) is 4.79 Å². The fourth-order valence-electron chi connectivity index (χ4n) is 3.05. The van der Waals surface area contributed by atoms with Crippen molar-refractivity contribution in [2.24, 2.45) is 0 Å². The molecule has 5 heterocycles. The Labute approximate surface area is 193 Å². The van der Waals surface area contributed by atoms with E-state index < -0.39 is 0 Å². The molecule has 0 radical (unpaired) electrons. The van der Waals surface area contributed by atoms with Crippen LogP contribution in [-0.4, -0.2) is 26.7 Å². The Kier molecular flexibility index (Phi) is 5.90. The highest BCUT2D eigenvalue weighted by Crippen LogP contribution is 2.37. The number of furan rings is 1. The number of nitrogens with one attached hydrogen (secondary N) is 2. The van der Waals surface area contributed by atoms with Crippen molar-refractivity contribution in [1.29, 1.82) is 0 Å². The highest BCUT2D eigenvalue weighted by Gasteiger charge is 2.19. The molecule has 0 saturated carbocycles. The summed E-state index contributed by atoms with van der Waals surface area (Å²) in [5.74, 6) is 1.29. The van der Waals surface area contributed by atoms with Gasteiger partial charge in [-0.05, 0) is 36.9 Å². The van der Waals surface area contributed by atoms with Gasteiger partial charge in [0.05, 0.1) is 16.9 Å². The van der Waals surface area contributed by atoms with Crippen LogP contribution in [0.2, 0.25) is 0 Å². The predicted molar refractivity (Wildman–Crippen MR) is 129 cm³/mol. The third-order valence-corrected chi connectivity index (χ3v) is 8.43. The molecular weight excluding hydrogens is 471 g/mol. The number of hydrogen-bond donors (Lipinski definition) is 2. The van der Waals surface area contributed by atoms with Crippen molar-refractivity contribution in [3.63, 3.8) is 0 Å². The van der Waals surface area contributed by atoms with Gasteiger partial charge in [0.25, 0.3) is 5.56 Å². The monoisotopic (exact) mass is 487 g/mol. The first-order valence-electron chi connectivity index (χ1n) is 9.49. The van der Waals surface area contributed by atoms with E-state index in [1.165, 1.54) is 39.3 Å². The summed E-state index contributed by atoms with van der Waals surface area (Å²) in [6, 6.07) is 7.84. The molecule has 0 fully saturated rings. The number of aromatic amines is 1. The molecule has 0 aliphatic carbocycles. The van der Waals surface area contributed by atoms with E-state index in [4.69, 9.17) is 4.42 Å². The molecule has 0 bridgehead atoms. The average Bonchev–Trinajstić information content (AvgIpc) is 3.55. The molecule has 1 atom stereocenters. The summed E-state index contributed by atoms with van der Waals surface area (Å²) >= 11 is 6.23. The minimum absolute atomic E-state index is 0.0711. The van der Waals surface area contributed by atoms with Gasteiger partial charge in [-0.1, -0.05) is 29.2 Å². The molecule has 7 nitrogen and oxygen atoms in total. The molecule has 2 N–H and O–H groups in total. The number of nitrogens with zero attached hydrogens (tertiary/aromatic N) is 3. The van der Waals surface area contributed by atoms with Crippen LogP contribution in [0.4, 0.5) is 5.13 Å². The lowest BCUT2D eigenvalue weighted by molar-refractivity contribution is 0.583. The number of hydrogen-bond acceptors (Lipinski definition) is 10. The SMILES string of the molecule is CC(Sc1nnc(NCCc2cccs2)s1)c1nc2scc(-c3ccco3)c2c(=O)[nH]1. The van der Waals surface area contributed by atoms with E-state index in [1.54, 1.807) is 23.7 Å². The van der Waals surface area contributed by atoms with Crippen LogP contribution in [-0.2, 0) is 6.42 Å². The maximum atomic E-state index is 12.8. The van der Waals surface area contributed by atoms with Gasteiger partial charge in [-0.3, -0.25) is 4.79 Å². The minimum atomic E-state index is -0.159. The van der Waals surface area contributed by atoms with E-state index >= 15 is 0 Å². The number of fused-ring (bicyclic) bond motifs is 1. The Morgan fingerprint density at radius 3 is 3.00 bits per heavy atom. The molecule has 0 aliphatic heterocycles. The summed E-state index contributed by atoms with van der Waals surface area (Å²) < 4.78 is 6.28. The van der Waals surface area contributed by atoms with Gasteiger partial charge < -0.3 is 14.7 Å². The predicted octanol–water partition coefficient (Wildman–Crippen LogP) is 5.67. The summed E-state index contributed by atoms with van der Waals surface area (Å²) in [6.45, 7) is 2.82. The van der Waals surface area contributed by atoms with Gasteiger partial charge in [-0.2, -0.15) is 0 Å². The summed E-state index contributed by atoms with van der Waals surface area (Å²) in [5.41, 5.74) is 0.612.